The third kappa shape index (κ3) is 4.34. The topological polar surface area (TPSA) is 97.1 Å². The highest BCUT2D eigenvalue weighted by atomic mass is 19.4. The second-order valence-corrected chi connectivity index (χ2v) is 5.97. The minimum absolute atomic E-state index is 0.0900. The number of carbonyl (C=O) groups is 2. The summed E-state index contributed by atoms with van der Waals surface area (Å²) < 4.78 is 39.2. The first-order valence-electron chi connectivity index (χ1n) is 7.12. The molecule has 0 spiro atoms. The molecule has 0 radical (unpaired) electrons. The minimum atomic E-state index is -4.50. The predicted molar refractivity (Wildman–Crippen MR) is 80.1 cm³/mol. The van der Waals surface area contributed by atoms with Gasteiger partial charge < -0.3 is 10.4 Å². The smallest absolute Gasteiger partial charge is 0.416 e. The lowest BCUT2D eigenvalue weighted by molar-refractivity contribution is -0.146. The number of aromatic nitrogens is 3. The van der Waals surface area contributed by atoms with Crippen LogP contribution in [0.2, 0.25) is 0 Å². The third-order valence-corrected chi connectivity index (χ3v) is 3.43. The van der Waals surface area contributed by atoms with Crippen molar-refractivity contribution in [2.75, 3.05) is 6.54 Å². The molecule has 1 heterocycles. The maximum absolute atomic E-state index is 12.7. The first-order valence-corrected chi connectivity index (χ1v) is 7.12. The number of aliphatic carboxylic acids is 1. The predicted octanol–water partition coefficient (Wildman–Crippen LogP) is 2.13. The number of nitrogens with one attached hydrogen (secondary N) is 1. The van der Waals surface area contributed by atoms with Gasteiger partial charge in [-0.15, -0.1) is 5.10 Å². The van der Waals surface area contributed by atoms with Gasteiger partial charge in [-0.1, -0.05) is 11.3 Å². The van der Waals surface area contributed by atoms with E-state index in [1.165, 1.54) is 32.2 Å². The Morgan fingerprint density at radius 2 is 1.96 bits per heavy atom. The molecule has 0 aliphatic carbocycles. The van der Waals surface area contributed by atoms with Gasteiger partial charge in [0, 0.05) is 6.54 Å². The standard InChI is InChI=1S/C15H15F3N4O3/c1-14(2,13(24)25)8-19-12(23)11-7-22(21-20-11)10-5-3-4-9(6-10)15(16,17)18/h3-7H,8H2,1-2H3,(H,19,23)(H,24,25). The number of benzene rings is 1. The van der Waals surface area contributed by atoms with Gasteiger partial charge in [-0.25, -0.2) is 4.68 Å². The van der Waals surface area contributed by atoms with Crippen LogP contribution >= 0.6 is 0 Å². The highest BCUT2D eigenvalue weighted by molar-refractivity contribution is 5.92. The van der Waals surface area contributed by atoms with Gasteiger partial charge in [-0.05, 0) is 32.0 Å². The zero-order valence-corrected chi connectivity index (χ0v) is 13.3. The minimum Gasteiger partial charge on any atom is -0.481 e. The first-order chi connectivity index (χ1) is 11.5. The van der Waals surface area contributed by atoms with Gasteiger partial charge in [0.25, 0.3) is 5.91 Å². The summed E-state index contributed by atoms with van der Waals surface area (Å²) in [5, 5.41) is 18.6. The summed E-state index contributed by atoms with van der Waals surface area (Å²) in [6, 6.07) is 4.40. The van der Waals surface area contributed by atoms with E-state index < -0.39 is 29.0 Å². The summed E-state index contributed by atoms with van der Waals surface area (Å²) in [6.45, 7) is 2.74. The molecule has 10 heteroatoms. The van der Waals surface area contributed by atoms with Crippen molar-refractivity contribution in [1.29, 1.82) is 0 Å². The van der Waals surface area contributed by atoms with Crippen LogP contribution in [0.3, 0.4) is 0 Å². The number of carboxylic acid groups (broad SMARTS) is 1. The quantitative estimate of drug-likeness (QED) is 0.855. The van der Waals surface area contributed by atoms with Gasteiger partial charge in [0.05, 0.1) is 22.9 Å². The Morgan fingerprint density at radius 3 is 2.56 bits per heavy atom. The van der Waals surface area contributed by atoms with Crippen LogP contribution in [-0.4, -0.2) is 38.5 Å². The molecule has 1 amide bonds. The maximum Gasteiger partial charge on any atom is 0.416 e. The van der Waals surface area contributed by atoms with Gasteiger partial charge in [0.2, 0.25) is 0 Å². The Labute approximate surface area is 140 Å². The summed E-state index contributed by atoms with van der Waals surface area (Å²) in [5.74, 6) is -1.76. The number of amides is 1. The Hall–Kier alpha value is -2.91. The summed E-state index contributed by atoms with van der Waals surface area (Å²) in [7, 11) is 0. The van der Waals surface area contributed by atoms with E-state index in [2.05, 4.69) is 15.6 Å². The van der Waals surface area contributed by atoms with E-state index in [4.69, 9.17) is 5.11 Å². The lowest BCUT2D eigenvalue weighted by Crippen LogP contribution is -2.39. The Kier molecular flexibility index (Phi) is 4.82. The molecule has 0 fully saturated rings. The molecule has 134 valence electrons. The van der Waals surface area contributed by atoms with Crippen LogP contribution in [0.25, 0.3) is 5.69 Å². The van der Waals surface area contributed by atoms with Crippen LogP contribution in [0.5, 0.6) is 0 Å². The van der Waals surface area contributed by atoms with Crippen molar-refractivity contribution in [2.45, 2.75) is 20.0 Å². The van der Waals surface area contributed by atoms with Crippen LogP contribution in [-0.2, 0) is 11.0 Å². The number of carboxylic acids is 1. The number of hydrogen-bond acceptors (Lipinski definition) is 4. The number of nitrogens with zero attached hydrogens (tertiary/aromatic N) is 3. The number of halogens is 3. The SMILES string of the molecule is CC(C)(CNC(=O)c1cn(-c2cccc(C(F)(F)F)c2)nn1)C(=O)O. The number of alkyl halides is 3. The van der Waals surface area contributed by atoms with Crippen molar-refractivity contribution in [3.63, 3.8) is 0 Å². The van der Waals surface area contributed by atoms with Crippen molar-refractivity contribution >= 4 is 11.9 Å². The average molecular weight is 356 g/mol. The molecule has 7 nitrogen and oxygen atoms in total. The van der Waals surface area contributed by atoms with E-state index in [0.29, 0.717) is 0 Å². The van der Waals surface area contributed by atoms with Gasteiger partial charge in [-0.3, -0.25) is 9.59 Å². The lowest BCUT2D eigenvalue weighted by Gasteiger charge is -2.18. The van der Waals surface area contributed by atoms with Gasteiger partial charge >= 0.3 is 12.1 Å². The molecule has 1 aromatic heterocycles. The van der Waals surface area contributed by atoms with Crippen LogP contribution in [0.1, 0.15) is 29.9 Å². The largest absolute Gasteiger partial charge is 0.481 e. The summed E-state index contributed by atoms with van der Waals surface area (Å²) in [5.41, 5.74) is -2.08. The van der Waals surface area contributed by atoms with Gasteiger partial charge in [0.1, 0.15) is 0 Å². The normalized spacial score (nSPS) is 12.0. The molecule has 2 N–H and O–H groups in total. The number of rotatable bonds is 5. The Balaban J connectivity index is 2.15. The highest BCUT2D eigenvalue weighted by Crippen LogP contribution is 2.30. The van der Waals surface area contributed by atoms with Crippen LogP contribution in [0, 0.1) is 5.41 Å². The van der Waals surface area contributed by atoms with E-state index in [-0.39, 0.29) is 17.9 Å². The molecule has 2 rings (SSSR count). The van der Waals surface area contributed by atoms with Crippen molar-refractivity contribution < 1.29 is 27.9 Å². The van der Waals surface area contributed by atoms with Crippen molar-refractivity contribution in [1.82, 2.24) is 20.3 Å². The maximum atomic E-state index is 12.7. The van der Waals surface area contributed by atoms with E-state index >= 15 is 0 Å². The van der Waals surface area contributed by atoms with Crippen LogP contribution in [0.15, 0.2) is 30.5 Å². The molecule has 0 saturated carbocycles. The van der Waals surface area contributed by atoms with Crippen molar-refractivity contribution in [3.05, 3.63) is 41.7 Å². The molecule has 0 unspecified atom stereocenters. The average Bonchev–Trinajstić information content (AvgIpc) is 3.02. The Morgan fingerprint density at radius 1 is 1.28 bits per heavy atom. The fourth-order valence-electron chi connectivity index (χ4n) is 1.79. The van der Waals surface area contributed by atoms with Gasteiger partial charge in [-0.2, -0.15) is 13.2 Å². The summed E-state index contributed by atoms with van der Waals surface area (Å²) >= 11 is 0. The molecule has 0 bridgehead atoms. The monoisotopic (exact) mass is 356 g/mol. The fraction of sp³-hybridized carbons (Fsp3) is 0.333. The van der Waals surface area contributed by atoms with E-state index in [9.17, 15) is 22.8 Å². The first kappa shape index (κ1) is 18.4. The van der Waals surface area contributed by atoms with Crippen LogP contribution < -0.4 is 5.32 Å². The fourth-order valence-corrected chi connectivity index (χ4v) is 1.79. The highest BCUT2D eigenvalue weighted by Gasteiger charge is 2.31. The number of hydrogen-bond donors (Lipinski definition) is 2. The van der Waals surface area contributed by atoms with Gasteiger partial charge in [0.15, 0.2) is 5.69 Å². The lowest BCUT2D eigenvalue weighted by atomic mass is 9.94. The molecule has 0 aliphatic heterocycles. The van der Waals surface area contributed by atoms with E-state index in [0.717, 1.165) is 16.8 Å². The molecule has 0 aliphatic rings. The molecule has 0 atom stereocenters. The third-order valence-electron chi connectivity index (χ3n) is 3.43. The van der Waals surface area contributed by atoms with Crippen molar-refractivity contribution in [2.24, 2.45) is 5.41 Å². The molecule has 2 aromatic rings. The zero-order valence-electron chi connectivity index (χ0n) is 13.3. The molecule has 25 heavy (non-hydrogen) atoms. The molecule has 0 saturated heterocycles. The van der Waals surface area contributed by atoms with E-state index in [1.807, 2.05) is 0 Å². The number of carbonyl (C=O) groups excluding carboxylic acids is 1. The van der Waals surface area contributed by atoms with Crippen molar-refractivity contribution in [3.8, 4) is 5.69 Å². The second kappa shape index (κ2) is 6.54. The summed E-state index contributed by atoms with van der Waals surface area (Å²) in [4.78, 5) is 23.0. The Bertz CT molecular complexity index is 799. The molecular weight excluding hydrogens is 341 g/mol. The van der Waals surface area contributed by atoms with E-state index in [1.54, 1.807) is 0 Å². The molecule has 1 aromatic carbocycles. The molecular formula is C15H15F3N4O3. The zero-order chi connectivity index (χ0) is 18.8. The second-order valence-electron chi connectivity index (χ2n) is 5.97. The van der Waals surface area contributed by atoms with Crippen LogP contribution in [0.4, 0.5) is 13.2 Å². The summed E-state index contributed by atoms with van der Waals surface area (Å²) in [6.07, 6.45) is -3.34.